The van der Waals surface area contributed by atoms with Crippen molar-refractivity contribution in [2.24, 2.45) is 5.92 Å². The topological polar surface area (TPSA) is 44.4 Å². The van der Waals surface area contributed by atoms with Gasteiger partial charge in [0.1, 0.15) is 0 Å². The van der Waals surface area contributed by atoms with Crippen molar-refractivity contribution >= 4 is 30.7 Å². The summed E-state index contributed by atoms with van der Waals surface area (Å²) in [6.45, 7) is 8.44. The molecule has 1 amide bonds. The number of likely N-dealkylation sites (tertiary alicyclic amines) is 1. The number of hydrogen-bond donors (Lipinski definition) is 2. The fourth-order valence-corrected chi connectivity index (χ4v) is 3.13. The summed E-state index contributed by atoms with van der Waals surface area (Å²) in [7, 11) is 0. The van der Waals surface area contributed by atoms with E-state index >= 15 is 0 Å². The fourth-order valence-electron chi connectivity index (χ4n) is 3.13. The molecule has 2 heterocycles. The van der Waals surface area contributed by atoms with E-state index in [9.17, 15) is 4.79 Å². The minimum absolute atomic E-state index is 0. The average molecular weight is 340 g/mol. The Morgan fingerprint density at radius 3 is 2.38 bits per heavy atom. The summed E-state index contributed by atoms with van der Waals surface area (Å²) in [6.07, 6.45) is 6.25. The molecule has 3 atom stereocenters. The minimum atomic E-state index is 0. The predicted molar refractivity (Wildman–Crippen MR) is 92.6 cm³/mol. The van der Waals surface area contributed by atoms with Crippen molar-refractivity contribution in [1.82, 2.24) is 15.5 Å². The summed E-state index contributed by atoms with van der Waals surface area (Å²) in [5.74, 6) is 0.795. The molecule has 0 aliphatic carbocycles. The first-order valence-corrected chi connectivity index (χ1v) is 7.93. The number of rotatable bonds is 3. The van der Waals surface area contributed by atoms with Crippen molar-refractivity contribution < 1.29 is 4.79 Å². The molecule has 2 aliphatic rings. The van der Waals surface area contributed by atoms with Gasteiger partial charge in [0, 0.05) is 12.6 Å². The quantitative estimate of drug-likeness (QED) is 0.828. The van der Waals surface area contributed by atoms with Crippen LogP contribution in [0.3, 0.4) is 0 Å². The standard InChI is InChI=1S/C15H29N3O.2ClH/c1-12-7-8-16-11-14(12)17-15(19)13(2)18-9-5-3-4-6-10-18;;/h12-14,16H,3-11H2,1-2H3,(H,17,19);2*1H. The molecular weight excluding hydrogens is 309 g/mol. The summed E-state index contributed by atoms with van der Waals surface area (Å²) in [4.78, 5) is 14.7. The van der Waals surface area contributed by atoms with E-state index in [1.165, 1.54) is 25.7 Å². The van der Waals surface area contributed by atoms with Crippen LogP contribution in [0, 0.1) is 5.92 Å². The van der Waals surface area contributed by atoms with Crippen LogP contribution in [0.25, 0.3) is 0 Å². The number of halogens is 2. The highest BCUT2D eigenvalue weighted by molar-refractivity contribution is 5.85. The van der Waals surface area contributed by atoms with E-state index in [1.807, 2.05) is 0 Å². The van der Waals surface area contributed by atoms with Gasteiger partial charge in [-0.3, -0.25) is 9.69 Å². The van der Waals surface area contributed by atoms with Gasteiger partial charge in [-0.15, -0.1) is 24.8 Å². The van der Waals surface area contributed by atoms with Gasteiger partial charge in [-0.05, 0) is 51.7 Å². The molecule has 6 heteroatoms. The Hall–Kier alpha value is -0.0300. The molecule has 0 radical (unpaired) electrons. The highest BCUT2D eigenvalue weighted by Gasteiger charge is 2.27. The van der Waals surface area contributed by atoms with Crippen molar-refractivity contribution in [3.8, 4) is 0 Å². The number of hydrogen-bond acceptors (Lipinski definition) is 3. The number of nitrogens with one attached hydrogen (secondary N) is 2. The summed E-state index contributed by atoms with van der Waals surface area (Å²) in [5, 5.41) is 6.61. The molecule has 21 heavy (non-hydrogen) atoms. The fraction of sp³-hybridized carbons (Fsp3) is 0.933. The Bertz CT molecular complexity index is 297. The predicted octanol–water partition coefficient (Wildman–Crippen LogP) is 2.21. The van der Waals surface area contributed by atoms with E-state index in [1.54, 1.807) is 0 Å². The molecule has 0 aromatic rings. The first-order chi connectivity index (χ1) is 9.18. The maximum atomic E-state index is 12.4. The lowest BCUT2D eigenvalue weighted by molar-refractivity contribution is -0.127. The van der Waals surface area contributed by atoms with Crippen molar-refractivity contribution in [2.45, 2.75) is 58.0 Å². The second kappa shape index (κ2) is 10.7. The Kier molecular flexibility index (Phi) is 10.6. The smallest absolute Gasteiger partial charge is 0.237 e. The van der Waals surface area contributed by atoms with Gasteiger partial charge < -0.3 is 10.6 Å². The molecule has 0 spiro atoms. The van der Waals surface area contributed by atoms with E-state index in [2.05, 4.69) is 29.4 Å². The van der Waals surface area contributed by atoms with Gasteiger partial charge in [0.2, 0.25) is 5.91 Å². The summed E-state index contributed by atoms with van der Waals surface area (Å²) in [5.41, 5.74) is 0. The largest absolute Gasteiger partial charge is 0.350 e. The van der Waals surface area contributed by atoms with Crippen LogP contribution in [-0.2, 0) is 4.79 Å². The molecule has 2 fully saturated rings. The maximum absolute atomic E-state index is 12.4. The molecule has 4 nitrogen and oxygen atoms in total. The molecule has 2 saturated heterocycles. The second-order valence-electron chi connectivity index (χ2n) is 6.21. The van der Waals surface area contributed by atoms with Crippen LogP contribution in [0.1, 0.15) is 46.0 Å². The minimum Gasteiger partial charge on any atom is -0.350 e. The molecule has 0 bridgehead atoms. The molecule has 2 rings (SSSR count). The van der Waals surface area contributed by atoms with Gasteiger partial charge in [-0.2, -0.15) is 0 Å². The number of piperidine rings is 1. The van der Waals surface area contributed by atoms with Crippen molar-refractivity contribution in [1.29, 1.82) is 0 Å². The third-order valence-corrected chi connectivity index (χ3v) is 4.72. The van der Waals surface area contributed by atoms with E-state index in [0.717, 1.165) is 32.6 Å². The zero-order valence-corrected chi connectivity index (χ0v) is 14.9. The first-order valence-electron chi connectivity index (χ1n) is 7.93. The van der Waals surface area contributed by atoms with Crippen LogP contribution in [-0.4, -0.2) is 49.1 Å². The average Bonchev–Trinajstić information content (AvgIpc) is 2.69. The van der Waals surface area contributed by atoms with Crippen LogP contribution in [0.15, 0.2) is 0 Å². The maximum Gasteiger partial charge on any atom is 0.237 e. The van der Waals surface area contributed by atoms with E-state index in [-0.39, 0.29) is 36.8 Å². The summed E-state index contributed by atoms with van der Waals surface area (Å²) >= 11 is 0. The molecule has 0 saturated carbocycles. The van der Waals surface area contributed by atoms with Crippen LogP contribution >= 0.6 is 24.8 Å². The van der Waals surface area contributed by atoms with Crippen LogP contribution in [0.2, 0.25) is 0 Å². The highest BCUT2D eigenvalue weighted by Crippen LogP contribution is 2.14. The van der Waals surface area contributed by atoms with Gasteiger partial charge >= 0.3 is 0 Å². The summed E-state index contributed by atoms with van der Waals surface area (Å²) in [6, 6.07) is 0.322. The van der Waals surface area contributed by atoms with Gasteiger partial charge in [-0.1, -0.05) is 19.8 Å². The van der Waals surface area contributed by atoms with Gasteiger partial charge in [0.25, 0.3) is 0 Å². The number of nitrogens with zero attached hydrogens (tertiary/aromatic N) is 1. The van der Waals surface area contributed by atoms with Crippen LogP contribution in [0.5, 0.6) is 0 Å². The Balaban J connectivity index is 0.00000200. The molecule has 2 N–H and O–H groups in total. The number of amides is 1. The number of carbonyl (C=O) groups excluding carboxylic acids is 1. The second-order valence-corrected chi connectivity index (χ2v) is 6.21. The lowest BCUT2D eigenvalue weighted by Crippen LogP contribution is -2.55. The lowest BCUT2D eigenvalue weighted by atomic mass is 9.94. The normalized spacial score (nSPS) is 28.5. The van der Waals surface area contributed by atoms with Gasteiger partial charge in [0.15, 0.2) is 0 Å². The Morgan fingerprint density at radius 2 is 1.81 bits per heavy atom. The molecule has 0 aromatic heterocycles. The number of carbonyl (C=O) groups is 1. The van der Waals surface area contributed by atoms with Gasteiger partial charge in [-0.25, -0.2) is 0 Å². The Morgan fingerprint density at radius 1 is 1.19 bits per heavy atom. The van der Waals surface area contributed by atoms with Crippen molar-refractivity contribution in [3.63, 3.8) is 0 Å². The molecule has 2 aliphatic heterocycles. The molecule has 0 aromatic carbocycles. The van der Waals surface area contributed by atoms with Gasteiger partial charge in [0.05, 0.1) is 6.04 Å². The zero-order valence-electron chi connectivity index (χ0n) is 13.3. The molecule has 126 valence electrons. The highest BCUT2D eigenvalue weighted by atomic mass is 35.5. The van der Waals surface area contributed by atoms with E-state index in [0.29, 0.717) is 12.0 Å². The lowest BCUT2D eigenvalue weighted by Gasteiger charge is -2.33. The summed E-state index contributed by atoms with van der Waals surface area (Å²) < 4.78 is 0. The SMILES string of the molecule is CC1CCNCC1NC(=O)C(C)N1CCCCCC1.Cl.Cl. The van der Waals surface area contributed by atoms with Crippen LogP contribution < -0.4 is 10.6 Å². The monoisotopic (exact) mass is 339 g/mol. The van der Waals surface area contributed by atoms with E-state index < -0.39 is 0 Å². The van der Waals surface area contributed by atoms with Crippen molar-refractivity contribution in [3.05, 3.63) is 0 Å². The van der Waals surface area contributed by atoms with Crippen LogP contribution in [0.4, 0.5) is 0 Å². The molecule has 3 unspecified atom stereocenters. The third-order valence-electron chi connectivity index (χ3n) is 4.72. The molecular formula is C15H31Cl2N3O. The Labute approximate surface area is 141 Å². The van der Waals surface area contributed by atoms with Crippen molar-refractivity contribution in [2.75, 3.05) is 26.2 Å². The third kappa shape index (κ3) is 6.31. The van der Waals surface area contributed by atoms with E-state index in [4.69, 9.17) is 0 Å². The zero-order chi connectivity index (χ0) is 13.7. The first kappa shape index (κ1) is 21.0.